The molecule has 3 aromatic carbocycles. The number of nitrogen functional groups attached to an aromatic ring is 1. The molecular weight excluding hydrogens is 685 g/mol. The standard InChI is InChI=1S/C25H19N3O2S.C17H15N3O2/c1-29-16-12-18-22-19(14-26)20-6-4-5-11-28(20)25(22)27-24(23(18)21(13-16)30-2)15-7-9-17(31-3)10-8-15;1-21-12-7-11(8-13(9-12)22-2)16-14(10-18)15-5-3-4-6-20(15)17(16)19/h4-13H,1-3H3;3-9H,19H2,1-2H3. The topological polar surface area (TPSA) is 132 Å². The number of rotatable bonds is 7. The molecule has 5 aromatic heterocycles. The second kappa shape index (κ2) is 14.4. The molecule has 0 unspecified atom stereocenters. The van der Waals surface area contributed by atoms with E-state index in [1.54, 1.807) is 50.7 Å². The van der Waals surface area contributed by atoms with Crippen molar-refractivity contribution in [3.8, 4) is 57.5 Å². The van der Waals surface area contributed by atoms with Crippen molar-refractivity contribution in [1.29, 1.82) is 10.5 Å². The summed E-state index contributed by atoms with van der Waals surface area (Å²) >= 11 is 1.70. The van der Waals surface area contributed by atoms with E-state index in [1.165, 1.54) is 4.90 Å². The van der Waals surface area contributed by atoms with Gasteiger partial charge in [0, 0.05) is 51.3 Å². The SMILES string of the molecule is COc1cc(OC)c2c(-c3ccc(SC)cc3)nc3c(c(C#N)c4ccccn43)c2c1.COc1cc(OC)cc(-c2c(C#N)c3ccccn3c2N)c1. The van der Waals surface area contributed by atoms with Crippen molar-refractivity contribution in [1.82, 2.24) is 13.8 Å². The second-order valence-electron chi connectivity index (χ2n) is 11.9. The molecule has 0 spiro atoms. The summed E-state index contributed by atoms with van der Waals surface area (Å²) in [6.45, 7) is 0. The van der Waals surface area contributed by atoms with Crippen molar-refractivity contribution in [3.63, 3.8) is 0 Å². The molecule has 0 atom stereocenters. The van der Waals surface area contributed by atoms with Crippen LogP contribution in [0.2, 0.25) is 0 Å². The highest BCUT2D eigenvalue weighted by Crippen LogP contribution is 2.43. The van der Waals surface area contributed by atoms with Crippen molar-refractivity contribution in [2.24, 2.45) is 0 Å². The number of nitriles is 2. The molecule has 0 radical (unpaired) electrons. The number of benzene rings is 3. The molecule has 0 aliphatic heterocycles. The van der Waals surface area contributed by atoms with Gasteiger partial charge in [-0.2, -0.15) is 10.5 Å². The van der Waals surface area contributed by atoms with Crippen LogP contribution in [0.5, 0.6) is 23.0 Å². The first-order chi connectivity index (χ1) is 25.9. The number of thioether (sulfide) groups is 1. The molecule has 0 amide bonds. The Morgan fingerprint density at radius 1 is 0.660 bits per heavy atom. The first-order valence-electron chi connectivity index (χ1n) is 16.4. The Bertz CT molecular complexity index is 2740. The quantitative estimate of drug-likeness (QED) is 0.160. The van der Waals surface area contributed by atoms with Crippen molar-refractivity contribution >= 4 is 50.4 Å². The summed E-state index contributed by atoms with van der Waals surface area (Å²) in [5.41, 5.74) is 13.0. The number of aromatic nitrogens is 3. The number of methoxy groups -OCH3 is 4. The summed E-state index contributed by atoms with van der Waals surface area (Å²) in [4.78, 5) is 6.26. The number of hydrogen-bond acceptors (Lipinski definition) is 9. The maximum Gasteiger partial charge on any atom is 0.147 e. The predicted molar refractivity (Wildman–Crippen MR) is 210 cm³/mol. The number of ether oxygens (including phenoxy) is 4. The summed E-state index contributed by atoms with van der Waals surface area (Å²) in [5.74, 6) is 3.13. The Labute approximate surface area is 310 Å². The maximum atomic E-state index is 10.0. The Morgan fingerprint density at radius 2 is 1.26 bits per heavy atom. The van der Waals surface area contributed by atoms with Gasteiger partial charge in [-0.3, -0.25) is 4.40 Å². The van der Waals surface area contributed by atoms with Gasteiger partial charge in [0.2, 0.25) is 0 Å². The van der Waals surface area contributed by atoms with Gasteiger partial charge in [0.05, 0.1) is 61.7 Å². The number of pyridine rings is 3. The first kappa shape index (κ1) is 34.6. The zero-order chi connectivity index (χ0) is 37.2. The zero-order valence-electron chi connectivity index (χ0n) is 29.7. The van der Waals surface area contributed by atoms with E-state index in [0.717, 1.165) is 49.7 Å². The molecule has 0 aliphatic rings. The van der Waals surface area contributed by atoms with Gasteiger partial charge >= 0.3 is 0 Å². The Morgan fingerprint density at radius 3 is 1.85 bits per heavy atom. The highest BCUT2D eigenvalue weighted by atomic mass is 32.2. The van der Waals surface area contributed by atoms with Gasteiger partial charge < -0.3 is 29.1 Å². The normalized spacial score (nSPS) is 10.8. The predicted octanol–water partition coefficient (Wildman–Crippen LogP) is 9.00. The molecule has 0 saturated carbocycles. The van der Waals surface area contributed by atoms with Gasteiger partial charge in [-0.25, -0.2) is 4.98 Å². The van der Waals surface area contributed by atoms with Gasteiger partial charge in [-0.05, 0) is 66.4 Å². The highest BCUT2D eigenvalue weighted by molar-refractivity contribution is 7.98. The molecule has 0 bridgehead atoms. The van der Waals surface area contributed by atoms with E-state index in [9.17, 15) is 10.5 Å². The Balaban J connectivity index is 0.000000174. The van der Waals surface area contributed by atoms with Crippen LogP contribution < -0.4 is 24.7 Å². The van der Waals surface area contributed by atoms with Gasteiger partial charge in [-0.15, -0.1) is 11.8 Å². The molecule has 2 N–H and O–H groups in total. The van der Waals surface area contributed by atoms with E-state index >= 15 is 0 Å². The molecule has 0 saturated heterocycles. The van der Waals surface area contributed by atoms with Crippen LogP contribution in [-0.4, -0.2) is 48.5 Å². The van der Waals surface area contributed by atoms with Crippen LogP contribution in [0, 0.1) is 22.7 Å². The molecule has 5 heterocycles. The fourth-order valence-corrected chi connectivity index (χ4v) is 7.10. The molecule has 262 valence electrons. The molecule has 0 aliphatic carbocycles. The third-order valence-corrected chi connectivity index (χ3v) is 9.93. The van der Waals surface area contributed by atoms with Crippen molar-refractivity contribution in [3.05, 3.63) is 115 Å². The van der Waals surface area contributed by atoms with E-state index in [0.29, 0.717) is 45.5 Å². The van der Waals surface area contributed by atoms with Crippen LogP contribution in [0.4, 0.5) is 5.82 Å². The second-order valence-corrected chi connectivity index (χ2v) is 12.8. The largest absolute Gasteiger partial charge is 0.497 e. The molecular formula is C42H34N6O4S. The van der Waals surface area contributed by atoms with Crippen LogP contribution in [-0.2, 0) is 0 Å². The van der Waals surface area contributed by atoms with E-state index in [2.05, 4.69) is 42.7 Å². The molecule has 8 aromatic rings. The number of anilines is 1. The average molecular weight is 719 g/mol. The minimum Gasteiger partial charge on any atom is -0.497 e. The minimum atomic E-state index is 0.516. The Hall–Kier alpha value is -6.82. The molecule has 11 heteroatoms. The molecule has 10 nitrogen and oxygen atoms in total. The van der Waals surface area contributed by atoms with E-state index in [1.807, 2.05) is 77.5 Å². The van der Waals surface area contributed by atoms with Gasteiger partial charge in [0.1, 0.15) is 46.6 Å². The lowest BCUT2D eigenvalue weighted by atomic mass is 9.99. The molecule has 0 fully saturated rings. The minimum absolute atomic E-state index is 0.516. The van der Waals surface area contributed by atoms with Crippen LogP contribution in [0.15, 0.2) is 108 Å². The summed E-state index contributed by atoms with van der Waals surface area (Å²) in [5, 5.41) is 22.1. The number of hydrogen-bond donors (Lipinski definition) is 1. The summed E-state index contributed by atoms with van der Waals surface area (Å²) in [6.07, 6.45) is 5.84. The third-order valence-electron chi connectivity index (χ3n) is 9.18. The van der Waals surface area contributed by atoms with Gasteiger partial charge in [0.15, 0.2) is 0 Å². The van der Waals surface area contributed by atoms with Crippen LogP contribution >= 0.6 is 11.8 Å². The fraction of sp³-hybridized carbons (Fsp3) is 0.119. The first-order valence-corrected chi connectivity index (χ1v) is 17.7. The maximum absolute atomic E-state index is 10.0. The van der Waals surface area contributed by atoms with Gasteiger partial charge in [0.25, 0.3) is 0 Å². The van der Waals surface area contributed by atoms with E-state index < -0.39 is 0 Å². The number of nitrogens with zero attached hydrogens (tertiary/aromatic N) is 5. The summed E-state index contributed by atoms with van der Waals surface area (Å²) < 4.78 is 25.7. The average Bonchev–Trinajstić information content (AvgIpc) is 3.70. The zero-order valence-corrected chi connectivity index (χ0v) is 30.5. The number of fused-ring (bicyclic) bond motifs is 6. The monoisotopic (exact) mass is 718 g/mol. The van der Waals surface area contributed by atoms with Crippen molar-refractivity contribution < 1.29 is 18.9 Å². The summed E-state index contributed by atoms with van der Waals surface area (Å²) in [7, 11) is 6.44. The van der Waals surface area contributed by atoms with E-state index in [-0.39, 0.29) is 0 Å². The van der Waals surface area contributed by atoms with Crippen LogP contribution in [0.3, 0.4) is 0 Å². The van der Waals surface area contributed by atoms with E-state index in [4.69, 9.17) is 29.7 Å². The molecule has 8 rings (SSSR count). The lowest BCUT2D eigenvalue weighted by Crippen LogP contribution is -1.96. The third kappa shape index (κ3) is 5.93. The van der Waals surface area contributed by atoms with Crippen molar-refractivity contribution in [2.45, 2.75) is 4.90 Å². The molecule has 53 heavy (non-hydrogen) atoms. The lowest BCUT2D eigenvalue weighted by Gasteiger charge is -2.14. The van der Waals surface area contributed by atoms with Gasteiger partial charge in [-0.1, -0.05) is 24.3 Å². The number of nitrogens with two attached hydrogens (primary N) is 1. The van der Waals surface area contributed by atoms with Crippen LogP contribution in [0.1, 0.15) is 11.1 Å². The Kier molecular flexibility index (Phi) is 9.42. The summed E-state index contributed by atoms with van der Waals surface area (Å²) in [6, 6.07) is 33.7. The van der Waals surface area contributed by atoms with Crippen molar-refractivity contribution in [2.75, 3.05) is 40.4 Å². The smallest absolute Gasteiger partial charge is 0.147 e. The fourth-order valence-electron chi connectivity index (χ4n) is 6.69. The van der Waals surface area contributed by atoms with Crippen LogP contribution in [0.25, 0.3) is 55.2 Å². The highest BCUT2D eigenvalue weighted by Gasteiger charge is 2.23. The lowest BCUT2D eigenvalue weighted by molar-refractivity contribution is 0.394.